The summed E-state index contributed by atoms with van der Waals surface area (Å²) in [6, 6.07) is 2.07. The van der Waals surface area contributed by atoms with Gasteiger partial charge in [0, 0.05) is 6.04 Å². The predicted molar refractivity (Wildman–Crippen MR) is 67.8 cm³/mol. The number of methoxy groups -OCH3 is 1. The number of hydrogen-bond acceptors (Lipinski definition) is 3. The van der Waals surface area contributed by atoms with Crippen LogP contribution in [0.3, 0.4) is 0 Å². The Hall–Kier alpha value is -1.06. The maximum atomic E-state index is 6.15. The van der Waals surface area contributed by atoms with Crippen molar-refractivity contribution in [2.75, 3.05) is 13.7 Å². The van der Waals surface area contributed by atoms with Gasteiger partial charge in [0.1, 0.15) is 5.75 Å². The summed E-state index contributed by atoms with van der Waals surface area (Å²) in [4.78, 5) is 0. The molecule has 0 aromatic heterocycles. The fraction of sp³-hybridized carbons (Fsp3) is 0.538. The van der Waals surface area contributed by atoms with Gasteiger partial charge in [-0.15, -0.1) is 0 Å². The molecule has 3 heteroatoms. The zero-order valence-electron chi connectivity index (χ0n) is 10.6. The van der Waals surface area contributed by atoms with Crippen LogP contribution in [0, 0.1) is 20.8 Å². The number of nitrogens with two attached hydrogens (primary N) is 2. The van der Waals surface area contributed by atoms with Crippen LogP contribution in [0.25, 0.3) is 0 Å². The lowest BCUT2D eigenvalue weighted by Gasteiger charge is -2.20. The molecule has 1 aromatic carbocycles. The molecule has 0 fully saturated rings. The summed E-state index contributed by atoms with van der Waals surface area (Å²) in [6.07, 6.45) is 0.813. The summed E-state index contributed by atoms with van der Waals surface area (Å²) in [7, 11) is 1.70. The van der Waals surface area contributed by atoms with Crippen LogP contribution in [0.4, 0.5) is 0 Å². The van der Waals surface area contributed by atoms with E-state index >= 15 is 0 Å². The van der Waals surface area contributed by atoms with Crippen molar-refractivity contribution in [1.82, 2.24) is 0 Å². The van der Waals surface area contributed by atoms with Gasteiger partial charge in [-0.25, -0.2) is 0 Å². The molecule has 0 aliphatic carbocycles. The third-order valence-electron chi connectivity index (χ3n) is 3.18. The fourth-order valence-electron chi connectivity index (χ4n) is 2.17. The van der Waals surface area contributed by atoms with Crippen molar-refractivity contribution < 1.29 is 4.74 Å². The predicted octanol–water partition coefficient (Wildman–Crippen LogP) is 1.97. The van der Waals surface area contributed by atoms with Crippen molar-refractivity contribution in [1.29, 1.82) is 0 Å². The Balaban J connectivity index is 3.24. The highest BCUT2D eigenvalue weighted by Gasteiger charge is 2.15. The van der Waals surface area contributed by atoms with Crippen LogP contribution in [0.1, 0.15) is 34.7 Å². The molecule has 1 rings (SSSR count). The Morgan fingerprint density at radius 3 is 2.38 bits per heavy atom. The Kier molecular flexibility index (Phi) is 4.33. The van der Waals surface area contributed by atoms with Crippen LogP contribution in [-0.2, 0) is 0 Å². The lowest BCUT2D eigenvalue weighted by molar-refractivity contribution is 0.410. The Morgan fingerprint density at radius 1 is 1.25 bits per heavy atom. The molecule has 0 saturated carbocycles. The molecule has 0 aliphatic heterocycles. The largest absolute Gasteiger partial charge is 0.496 e. The van der Waals surface area contributed by atoms with E-state index in [-0.39, 0.29) is 6.04 Å². The number of aryl methyl sites for hydroxylation is 1. The van der Waals surface area contributed by atoms with Crippen molar-refractivity contribution >= 4 is 0 Å². The first-order chi connectivity index (χ1) is 7.52. The highest BCUT2D eigenvalue weighted by molar-refractivity contribution is 5.49. The maximum absolute atomic E-state index is 6.15. The standard InChI is InChI=1S/C13H22N2O/c1-8-7-12(16-4)9(2)10(3)13(8)11(15)5-6-14/h7,11H,5-6,14-15H2,1-4H3. The topological polar surface area (TPSA) is 61.3 Å². The molecule has 0 saturated heterocycles. The molecule has 1 aromatic rings. The fourth-order valence-corrected chi connectivity index (χ4v) is 2.17. The van der Waals surface area contributed by atoms with Crippen LogP contribution in [0.2, 0.25) is 0 Å². The smallest absolute Gasteiger partial charge is 0.122 e. The minimum Gasteiger partial charge on any atom is -0.496 e. The van der Waals surface area contributed by atoms with Crippen LogP contribution in [-0.4, -0.2) is 13.7 Å². The summed E-state index contributed by atoms with van der Waals surface area (Å²) in [5.74, 6) is 0.929. The molecule has 16 heavy (non-hydrogen) atoms. The SMILES string of the molecule is COc1cc(C)c(C(N)CCN)c(C)c1C. The molecule has 90 valence electrons. The van der Waals surface area contributed by atoms with Crippen molar-refractivity contribution in [2.24, 2.45) is 11.5 Å². The number of rotatable bonds is 4. The normalized spacial score (nSPS) is 12.6. The molecule has 0 spiro atoms. The number of ether oxygens (including phenoxy) is 1. The lowest BCUT2D eigenvalue weighted by atomic mass is 9.91. The molecular formula is C13H22N2O. The van der Waals surface area contributed by atoms with Crippen molar-refractivity contribution in [2.45, 2.75) is 33.2 Å². The average Bonchev–Trinajstić information content (AvgIpc) is 2.24. The van der Waals surface area contributed by atoms with E-state index in [0.29, 0.717) is 6.54 Å². The monoisotopic (exact) mass is 222 g/mol. The first kappa shape index (κ1) is 13.0. The van der Waals surface area contributed by atoms with E-state index in [0.717, 1.165) is 17.7 Å². The van der Waals surface area contributed by atoms with Gasteiger partial charge in [-0.1, -0.05) is 0 Å². The molecular weight excluding hydrogens is 200 g/mol. The minimum atomic E-state index is 0.0228. The highest BCUT2D eigenvalue weighted by atomic mass is 16.5. The molecule has 1 unspecified atom stereocenters. The van der Waals surface area contributed by atoms with Crippen molar-refractivity contribution in [3.8, 4) is 5.75 Å². The van der Waals surface area contributed by atoms with Gasteiger partial charge in [-0.3, -0.25) is 0 Å². The number of benzene rings is 1. The van der Waals surface area contributed by atoms with Gasteiger partial charge in [0.15, 0.2) is 0 Å². The second-order valence-electron chi connectivity index (χ2n) is 4.24. The van der Waals surface area contributed by atoms with E-state index in [1.807, 2.05) is 6.07 Å². The van der Waals surface area contributed by atoms with E-state index in [1.54, 1.807) is 7.11 Å². The van der Waals surface area contributed by atoms with E-state index < -0.39 is 0 Å². The molecule has 0 radical (unpaired) electrons. The first-order valence-electron chi connectivity index (χ1n) is 5.63. The average molecular weight is 222 g/mol. The second kappa shape index (κ2) is 5.32. The minimum absolute atomic E-state index is 0.0228. The first-order valence-corrected chi connectivity index (χ1v) is 5.63. The van der Waals surface area contributed by atoms with Gasteiger partial charge in [0.05, 0.1) is 7.11 Å². The highest BCUT2D eigenvalue weighted by Crippen LogP contribution is 2.31. The maximum Gasteiger partial charge on any atom is 0.122 e. The Labute approximate surface area is 97.8 Å². The summed E-state index contributed by atoms with van der Waals surface area (Å²) in [5, 5.41) is 0. The third kappa shape index (κ3) is 2.36. The second-order valence-corrected chi connectivity index (χ2v) is 4.24. The van der Waals surface area contributed by atoms with E-state index in [2.05, 4.69) is 20.8 Å². The van der Waals surface area contributed by atoms with Gasteiger partial charge in [-0.05, 0) is 62.1 Å². The van der Waals surface area contributed by atoms with E-state index in [4.69, 9.17) is 16.2 Å². The third-order valence-corrected chi connectivity index (χ3v) is 3.18. The van der Waals surface area contributed by atoms with Crippen LogP contribution < -0.4 is 16.2 Å². The van der Waals surface area contributed by atoms with Crippen LogP contribution in [0.5, 0.6) is 5.75 Å². The Bertz CT molecular complexity index is 375. The van der Waals surface area contributed by atoms with E-state index in [1.165, 1.54) is 16.7 Å². The zero-order valence-corrected chi connectivity index (χ0v) is 10.6. The zero-order chi connectivity index (χ0) is 12.3. The van der Waals surface area contributed by atoms with Gasteiger partial charge in [-0.2, -0.15) is 0 Å². The molecule has 4 N–H and O–H groups in total. The van der Waals surface area contributed by atoms with Crippen LogP contribution >= 0.6 is 0 Å². The number of hydrogen-bond donors (Lipinski definition) is 2. The summed E-state index contributed by atoms with van der Waals surface area (Å²) in [5.41, 5.74) is 16.5. The lowest BCUT2D eigenvalue weighted by Crippen LogP contribution is -2.18. The van der Waals surface area contributed by atoms with E-state index in [9.17, 15) is 0 Å². The van der Waals surface area contributed by atoms with Crippen molar-refractivity contribution in [3.63, 3.8) is 0 Å². The Morgan fingerprint density at radius 2 is 1.88 bits per heavy atom. The van der Waals surface area contributed by atoms with Gasteiger partial charge in [0.25, 0.3) is 0 Å². The molecule has 0 bridgehead atoms. The summed E-state index contributed by atoms with van der Waals surface area (Å²) < 4.78 is 5.34. The molecule has 0 amide bonds. The van der Waals surface area contributed by atoms with Gasteiger partial charge < -0.3 is 16.2 Å². The summed E-state index contributed by atoms with van der Waals surface area (Å²) >= 11 is 0. The molecule has 3 nitrogen and oxygen atoms in total. The van der Waals surface area contributed by atoms with Crippen LogP contribution in [0.15, 0.2) is 6.07 Å². The van der Waals surface area contributed by atoms with Crippen molar-refractivity contribution in [3.05, 3.63) is 28.3 Å². The quantitative estimate of drug-likeness (QED) is 0.818. The molecule has 1 atom stereocenters. The van der Waals surface area contributed by atoms with Gasteiger partial charge >= 0.3 is 0 Å². The molecule has 0 heterocycles. The summed E-state index contributed by atoms with van der Waals surface area (Å²) in [6.45, 7) is 6.84. The van der Waals surface area contributed by atoms with Gasteiger partial charge in [0.2, 0.25) is 0 Å². The molecule has 0 aliphatic rings.